The van der Waals surface area contributed by atoms with Gasteiger partial charge in [0.05, 0.1) is 6.42 Å². The molecule has 0 aromatic rings. The van der Waals surface area contributed by atoms with Crippen LogP contribution in [-0.2, 0) is 4.79 Å². The first-order valence-electron chi connectivity index (χ1n) is 6.86. The molecule has 2 amide bonds. The van der Waals surface area contributed by atoms with Crippen LogP contribution in [0.3, 0.4) is 0 Å². The van der Waals surface area contributed by atoms with Crippen molar-refractivity contribution in [3.05, 3.63) is 0 Å². The molecule has 5 heteroatoms. The second kappa shape index (κ2) is 5.80. The fourth-order valence-corrected chi connectivity index (χ4v) is 2.04. The van der Waals surface area contributed by atoms with Gasteiger partial charge in [-0.3, -0.25) is 4.79 Å². The van der Waals surface area contributed by atoms with Crippen molar-refractivity contribution in [2.45, 2.75) is 59.4 Å². The lowest BCUT2D eigenvalue weighted by Crippen LogP contribution is -2.45. The van der Waals surface area contributed by atoms with Gasteiger partial charge in [0.25, 0.3) is 0 Å². The van der Waals surface area contributed by atoms with Gasteiger partial charge in [-0.2, -0.15) is 0 Å². The Bertz CT molecular complexity index is 343. The lowest BCUT2D eigenvalue weighted by Gasteiger charge is -2.26. The van der Waals surface area contributed by atoms with E-state index in [-0.39, 0.29) is 29.3 Å². The van der Waals surface area contributed by atoms with E-state index in [0.717, 1.165) is 12.8 Å². The third-order valence-corrected chi connectivity index (χ3v) is 3.39. The molecule has 1 saturated carbocycles. The van der Waals surface area contributed by atoms with Gasteiger partial charge in [-0.25, -0.2) is 4.79 Å². The van der Waals surface area contributed by atoms with Crippen molar-refractivity contribution in [1.82, 2.24) is 10.6 Å². The third-order valence-electron chi connectivity index (χ3n) is 3.39. The smallest absolute Gasteiger partial charge is 0.315 e. The van der Waals surface area contributed by atoms with E-state index in [0.29, 0.717) is 13.0 Å². The quantitative estimate of drug-likeness (QED) is 0.693. The van der Waals surface area contributed by atoms with E-state index in [2.05, 4.69) is 17.6 Å². The number of rotatable bonds is 6. The highest BCUT2D eigenvalue weighted by molar-refractivity contribution is 5.75. The van der Waals surface area contributed by atoms with Gasteiger partial charge >= 0.3 is 12.0 Å². The highest BCUT2D eigenvalue weighted by Gasteiger charge is 2.37. The molecular weight excluding hydrogens is 244 g/mol. The Labute approximate surface area is 115 Å². The zero-order valence-electron chi connectivity index (χ0n) is 12.4. The Hall–Kier alpha value is -1.26. The Morgan fingerprint density at radius 3 is 2.32 bits per heavy atom. The molecular formula is C14H26N2O3. The molecule has 19 heavy (non-hydrogen) atoms. The number of amides is 2. The fraction of sp³-hybridized carbons (Fsp3) is 0.857. The van der Waals surface area contributed by atoms with Crippen molar-refractivity contribution in [2.24, 2.45) is 10.8 Å². The number of carboxylic acids is 1. The Balaban J connectivity index is 2.41. The van der Waals surface area contributed by atoms with Gasteiger partial charge < -0.3 is 15.7 Å². The van der Waals surface area contributed by atoms with Gasteiger partial charge in [0, 0.05) is 12.6 Å². The lowest BCUT2D eigenvalue weighted by atomic mass is 9.87. The summed E-state index contributed by atoms with van der Waals surface area (Å²) < 4.78 is 0. The van der Waals surface area contributed by atoms with Crippen LogP contribution in [0.4, 0.5) is 4.79 Å². The normalized spacial score (nSPS) is 18.5. The molecule has 0 spiro atoms. The number of hydrogen-bond acceptors (Lipinski definition) is 2. The SMILES string of the molecule is CC(C)(C)CC(CC(=O)O)NC(=O)NCC1(C)CC1. The van der Waals surface area contributed by atoms with Crippen LogP contribution in [-0.4, -0.2) is 29.7 Å². The van der Waals surface area contributed by atoms with Crippen molar-refractivity contribution in [3.8, 4) is 0 Å². The molecule has 0 radical (unpaired) electrons. The minimum absolute atomic E-state index is 0.0180. The van der Waals surface area contributed by atoms with Crippen molar-refractivity contribution in [1.29, 1.82) is 0 Å². The van der Waals surface area contributed by atoms with Crippen LogP contribution in [0.5, 0.6) is 0 Å². The van der Waals surface area contributed by atoms with Gasteiger partial charge in [0.15, 0.2) is 0 Å². The maximum Gasteiger partial charge on any atom is 0.315 e. The number of urea groups is 1. The molecule has 1 fully saturated rings. The third kappa shape index (κ3) is 7.03. The molecule has 1 atom stereocenters. The second-order valence-electron chi connectivity index (χ2n) is 7.20. The highest BCUT2D eigenvalue weighted by atomic mass is 16.4. The molecule has 1 aliphatic carbocycles. The van der Waals surface area contributed by atoms with E-state index in [1.54, 1.807) is 0 Å². The summed E-state index contributed by atoms with van der Waals surface area (Å²) in [6.07, 6.45) is 2.90. The Morgan fingerprint density at radius 2 is 1.89 bits per heavy atom. The van der Waals surface area contributed by atoms with E-state index in [1.807, 2.05) is 20.8 Å². The first-order chi connectivity index (χ1) is 8.60. The molecule has 110 valence electrons. The summed E-state index contributed by atoms with van der Waals surface area (Å²) in [7, 11) is 0. The molecule has 0 bridgehead atoms. The van der Waals surface area contributed by atoms with E-state index in [1.165, 1.54) is 0 Å². The van der Waals surface area contributed by atoms with Crippen molar-refractivity contribution in [2.75, 3.05) is 6.54 Å². The van der Waals surface area contributed by atoms with Crippen LogP contribution in [0.2, 0.25) is 0 Å². The summed E-state index contributed by atoms with van der Waals surface area (Å²) >= 11 is 0. The van der Waals surface area contributed by atoms with E-state index in [9.17, 15) is 9.59 Å². The number of aliphatic carboxylic acids is 1. The van der Waals surface area contributed by atoms with Crippen molar-refractivity contribution < 1.29 is 14.7 Å². The summed E-state index contributed by atoms with van der Waals surface area (Å²) in [4.78, 5) is 22.6. The van der Waals surface area contributed by atoms with Gasteiger partial charge in [0.2, 0.25) is 0 Å². The fourth-order valence-electron chi connectivity index (χ4n) is 2.04. The summed E-state index contributed by atoms with van der Waals surface area (Å²) in [6, 6.07) is -0.590. The molecule has 0 aliphatic heterocycles. The van der Waals surface area contributed by atoms with E-state index < -0.39 is 5.97 Å². The summed E-state index contributed by atoms with van der Waals surface area (Å²) in [5.74, 6) is -0.885. The summed E-state index contributed by atoms with van der Waals surface area (Å²) in [5, 5.41) is 14.5. The predicted molar refractivity (Wildman–Crippen MR) is 74.0 cm³/mol. The number of carbonyl (C=O) groups is 2. The van der Waals surface area contributed by atoms with Crippen molar-refractivity contribution >= 4 is 12.0 Å². The van der Waals surface area contributed by atoms with Crippen LogP contribution < -0.4 is 10.6 Å². The van der Waals surface area contributed by atoms with Crippen LogP contribution >= 0.6 is 0 Å². The maximum atomic E-state index is 11.8. The van der Waals surface area contributed by atoms with Gasteiger partial charge in [-0.05, 0) is 30.1 Å². The molecule has 5 nitrogen and oxygen atoms in total. The number of hydrogen-bond donors (Lipinski definition) is 3. The largest absolute Gasteiger partial charge is 0.481 e. The average molecular weight is 270 g/mol. The molecule has 1 aliphatic rings. The first kappa shape index (κ1) is 15.8. The molecule has 1 rings (SSSR count). The topological polar surface area (TPSA) is 78.4 Å². The molecule has 1 unspecified atom stereocenters. The molecule has 3 N–H and O–H groups in total. The lowest BCUT2D eigenvalue weighted by molar-refractivity contribution is -0.137. The number of carboxylic acid groups (broad SMARTS) is 1. The molecule has 0 aromatic heterocycles. The Kier molecular flexibility index (Phi) is 4.82. The minimum Gasteiger partial charge on any atom is -0.481 e. The Morgan fingerprint density at radius 1 is 1.32 bits per heavy atom. The molecule has 0 aromatic carbocycles. The summed E-state index contributed by atoms with van der Waals surface area (Å²) in [6.45, 7) is 8.90. The number of carbonyl (C=O) groups excluding carboxylic acids is 1. The zero-order valence-corrected chi connectivity index (χ0v) is 12.4. The van der Waals surface area contributed by atoms with Gasteiger partial charge in [-0.15, -0.1) is 0 Å². The highest BCUT2D eigenvalue weighted by Crippen LogP contribution is 2.43. The van der Waals surface area contributed by atoms with Crippen LogP contribution in [0, 0.1) is 10.8 Å². The maximum absolute atomic E-state index is 11.8. The minimum atomic E-state index is -0.885. The van der Waals surface area contributed by atoms with E-state index in [4.69, 9.17) is 5.11 Å². The second-order valence-corrected chi connectivity index (χ2v) is 7.20. The molecule has 0 saturated heterocycles. The van der Waals surface area contributed by atoms with Crippen LogP contribution in [0.25, 0.3) is 0 Å². The number of nitrogens with one attached hydrogen (secondary N) is 2. The van der Waals surface area contributed by atoms with Gasteiger partial charge in [0.1, 0.15) is 0 Å². The van der Waals surface area contributed by atoms with Crippen molar-refractivity contribution in [3.63, 3.8) is 0 Å². The summed E-state index contributed by atoms with van der Waals surface area (Å²) in [5.41, 5.74) is 0.236. The zero-order chi connectivity index (χ0) is 14.7. The van der Waals surface area contributed by atoms with Gasteiger partial charge in [-0.1, -0.05) is 27.7 Å². The predicted octanol–water partition coefficient (Wildman–Crippen LogP) is 2.37. The first-order valence-corrected chi connectivity index (χ1v) is 6.86. The molecule has 0 heterocycles. The standard InChI is InChI=1S/C14H26N2O3/c1-13(2,3)8-10(7-11(17)18)16-12(19)15-9-14(4)5-6-14/h10H,5-9H2,1-4H3,(H,17,18)(H2,15,16,19). The van der Waals surface area contributed by atoms with Crippen LogP contribution in [0.15, 0.2) is 0 Å². The van der Waals surface area contributed by atoms with Crippen LogP contribution in [0.1, 0.15) is 53.4 Å². The monoisotopic (exact) mass is 270 g/mol. The van der Waals surface area contributed by atoms with E-state index >= 15 is 0 Å². The average Bonchev–Trinajstić information content (AvgIpc) is 2.90.